The Hall–Kier alpha value is -6.06. The highest BCUT2D eigenvalue weighted by Crippen LogP contribution is 2.69. The van der Waals surface area contributed by atoms with Gasteiger partial charge >= 0.3 is 0 Å². The molecule has 8 aromatic rings. The van der Waals surface area contributed by atoms with Gasteiger partial charge in [0.25, 0.3) is 0 Å². The molecule has 0 aliphatic heterocycles. The predicted octanol–water partition coefficient (Wildman–Crippen LogP) is 15.4. The van der Waals surface area contributed by atoms with Gasteiger partial charge in [-0.2, -0.15) is 0 Å². The molecule has 1 aromatic heterocycles. The van der Waals surface area contributed by atoms with E-state index < -0.39 is 0 Å². The number of hydrogen-bond acceptors (Lipinski definition) is 3. The number of benzene rings is 7. The summed E-state index contributed by atoms with van der Waals surface area (Å²) in [6.45, 7) is 0. The molecule has 1 spiro atoms. The van der Waals surface area contributed by atoms with Crippen LogP contribution in [0.15, 0.2) is 168 Å². The monoisotopic (exact) mass is 804 g/mol. The Morgan fingerprint density at radius 3 is 1.63 bits per heavy atom. The van der Waals surface area contributed by atoms with E-state index in [0.29, 0.717) is 11.8 Å². The van der Waals surface area contributed by atoms with Crippen LogP contribution in [-0.4, -0.2) is 0 Å². The lowest BCUT2D eigenvalue weighted by atomic mass is 9.48. The van der Waals surface area contributed by atoms with Crippen LogP contribution in [0, 0.1) is 29.6 Å². The summed E-state index contributed by atoms with van der Waals surface area (Å²) < 4.78 is 6.57. The second-order valence-corrected chi connectivity index (χ2v) is 20.2. The predicted molar refractivity (Wildman–Crippen MR) is 254 cm³/mol. The summed E-state index contributed by atoms with van der Waals surface area (Å²) in [6.07, 6.45) is 13.2. The van der Waals surface area contributed by atoms with E-state index in [-0.39, 0.29) is 10.8 Å². The van der Waals surface area contributed by atoms with E-state index in [0.717, 1.165) is 52.8 Å². The van der Waals surface area contributed by atoms with Gasteiger partial charge < -0.3 is 14.2 Å². The molecule has 3 heteroatoms. The summed E-state index contributed by atoms with van der Waals surface area (Å²) >= 11 is 0. The third-order valence-electron chi connectivity index (χ3n) is 17.1. The van der Waals surface area contributed by atoms with Gasteiger partial charge in [0.2, 0.25) is 0 Å². The summed E-state index contributed by atoms with van der Waals surface area (Å²) in [6, 6.07) is 62.1. The number of hydrogen-bond donors (Lipinski definition) is 0. The number of rotatable bonds is 7. The van der Waals surface area contributed by atoms with Crippen LogP contribution < -0.4 is 9.80 Å². The molecule has 7 aliphatic carbocycles. The molecule has 15 rings (SSSR count). The standard InChI is InChI=1S/C59H52N2O/c1-3-15-45(16-4-1)60(47-27-28-49-48-19-7-10-24-54(48)62-55(49)34-47)52-22-11-13-41-32-43-25-26-44-33-42-14-12-23-53(57(42)59(43,44)56(41)52)61(46-17-5-2-6-18-46)51-21-9-8-20-50(51)58-35-38-29-39(36-58)31-40(30-38)37-58/h1-24,27-28,34,38-40,43-44H,25-26,29-33,35-37H2. The van der Waals surface area contributed by atoms with Crippen molar-refractivity contribution >= 4 is 56.1 Å². The molecule has 3 unspecified atom stereocenters. The van der Waals surface area contributed by atoms with Gasteiger partial charge in [0, 0.05) is 45.0 Å². The molecule has 304 valence electrons. The maximum absolute atomic E-state index is 6.57. The first kappa shape index (κ1) is 35.5. The molecular weight excluding hydrogens is 753 g/mol. The number of anilines is 6. The van der Waals surface area contributed by atoms with Gasteiger partial charge in [0.05, 0.1) is 11.4 Å². The van der Waals surface area contributed by atoms with Crippen LogP contribution in [0.5, 0.6) is 0 Å². The molecule has 0 radical (unpaired) electrons. The first-order valence-corrected chi connectivity index (χ1v) is 23.6. The normalized spacial score (nSPS) is 27.3. The van der Waals surface area contributed by atoms with Crippen molar-refractivity contribution in [2.75, 3.05) is 9.80 Å². The van der Waals surface area contributed by atoms with Gasteiger partial charge in [-0.05, 0) is 188 Å². The van der Waals surface area contributed by atoms with Gasteiger partial charge in [0.15, 0.2) is 0 Å². The number of nitrogens with zero attached hydrogens (tertiary/aromatic N) is 2. The summed E-state index contributed by atoms with van der Waals surface area (Å²) in [5.74, 6) is 3.73. The molecule has 5 saturated carbocycles. The van der Waals surface area contributed by atoms with E-state index in [2.05, 4.69) is 174 Å². The molecule has 1 heterocycles. The molecule has 7 aromatic carbocycles. The lowest BCUT2D eigenvalue weighted by molar-refractivity contribution is -0.00491. The zero-order chi connectivity index (χ0) is 40.6. The van der Waals surface area contributed by atoms with Crippen LogP contribution >= 0.6 is 0 Å². The smallest absolute Gasteiger partial charge is 0.137 e. The average Bonchev–Trinajstić information content (AvgIpc) is 4.04. The second-order valence-electron chi connectivity index (χ2n) is 20.2. The lowest BCUT2D eigenvalue weighted by Crippen LogP contribution is -2.49. The van der Waals surface area contributed by atoms with Crippen LogP contribution in [0.2, 0.25) is 0 Å². The van der Waals surface area contributed by atoms with E-state index in [1.165, 1.54) is 90.8 Å². The van der Waals surface area contributed by atoms with Gasteiger partial charge in [-0.25, -0.2) is 0 Å². The van der Waals surface area contributed by atoms with E-state index >= 15 is 0 Å². The zero-order valence-electron chi connectivity index (χ0n) is 35.3. The van der Waals surface area contributed by atoms with Crippen molar-refractivity contribution in [3.63, 3.8) is 0 Å². The van der Waals surface area contributed by atoms with Gasteiger partial charge in [-0.15, -0.1) is 0 Å². The maximum Gasteiger partial charge on any atom is 0.137 e. The zero-order valence-corrected chi connectivity index (χ0v) is 35.3. The van der Waals surface area contributed by atoms with Crippen LogP contribution in [0.1, 0.15) is 79.2 Å². The van der Waals surface area contributed by atoms with Gasteiger partial charge in [-0.3, -0.25) is 0 Å². The minimum atomic E-state index is -0.114. The summed E-state index contributed by atoms with van der Waals surface area (Å²) in [5.41, 5.74) is 17.5. The Bertz CT molecular complexity index is 3010. The third-order valence-corrected chi connectivity index (χ3v) is 17.1. The minimum Gasteiger partial charge on any atom is -0.456 e. The minimum absolute atomic E-state index is 0.114. The first-order chi connectivity index (χ1) is 30.6. The Labute approximate surface area is 365 Å². The van der Waals surface area contributed by atoms with Crippen molar-refractivity contribution in [2.24, 2.45) is 29.6 Å². The summed E-state index contributed by atoms with van der Waals surface area (Å²) in [4.78, 5) is 5.29. The van der Waals surface area contributed by atoms with Gasteiger partial charge in [0.1, 0.15) is 11.2 Å². The summed E-state index contributed by atoms with van der Waals surface area (Å²) in [7, 11) is 0. The second kappa shape index (κ2) is 13.2. The van der Waals surface area contributed by atoms with Crippen molar-refractivity contribution in [3.05, 3.63) is 192 Å². The van der Waals surface area contributed by atoms with Crippen molar-refractivity contribution in [2.45, 2.75) is 75.0 Å². The Kier molecular flexibility index (Phi) is 7.58. The number of fused-ring (bicyclic) bond motifs is 5. The van der Waals surface area contributed by atoms with Crippen LogP contribution in [0.4, 0.5) is 34.1 Å². The lowest BCUT2D eigenvalue weighted by Gasteiger charge is -2.57. The van der Waals surface area contributed by atoms with Crippen molar-refractivity contribution in [1.82, 2.24) is 0 Å². The van der Waals surface area contributed by atoms with Crippen molar-refractivity contribution in [1.29, 1.82) is 0 Å². The van der Waals surface area contributed by atoms with E-state index in [4.69, 9.17) is 4.42 Å². The Morgan fingerprint density at radius 1 is 0.435 bits per heavy atom. The molecule has 62 heavy (non-hydrogen) atoms. The fourth-order valence-corrected chi connectivity index (χ4v) is 15.4. The topological polar surface area (TPSA) is 19.6 Å². The first-order valence-electron chi connectivity index (χ1n) is 23.6. The van der Waals surface area contributed by atoms with E-state index in [1.807, 2.05) is 0 Å². The number of para-hydroxylation sites is 4. The molecule has 3 nitrogen and oxygen atoms in total. The average molecular weight is 805 g/mol. The van der Waals surface area contributed by atoms with E-state index in [9.17, 15) is 0 Å². The molecule has 0 N–H and O–H groups in total. The molecule has 5 fully saturated rings. The molecular formula is C59H52N2O. The van der Waals surface area contributed by atoms with Crippen molar-refractivity contribution < 1.29 is 4.42 Å². The highest BCUT2D eigenvalue weighted by Gasteiger charge is 2.62. The van der Waals surface area contributed by atoms with E-state index in [1.54, 1.807) is 22.3 Å². The van der Waals surface area contributed by atoms with Crippen LogP contribution in [0.3, 0.4) is 0 Å². The fourth-order valence-electron chi connectivity index (χ4n) is 15.4. The molecule has 3 atom stereocenters. The van der Waals surface area contributed by atoms with Crippen LogP contribution in [0.25, 0.3) is 21.9 Å². The maximum atomic E-state index is 6.57. The van der Waals surface area contributed by atoms with Gasteiger partial charge in [-0.1, -0.05) is 97.1 Å². The Morgan fingerprint density at radius 2 is 0.968 bits per heavy atom. The quantitative estimate of drug-likeness (QED) is 0.160. The molecule has 7 aliphatic rings. The SMILES string of the molecule is c1ccc(N(c2ccc3c(c2)oc2ccccc23)c2cccc3c2C24c5c(cccc5N(c5ccccc5)c5ccccc5C56CC7CC(CC(C7)C5)C6)CC2CCC4C3)cc1. The highest BCUT2D eigenvalue weighted by molar-refractivity contribution is 6.06. The molecule has 0 amide bonds. The fraction of sp³-hybridized carbons (Fsp3) is 0.288. The Balaban J connectivity index is 0.997. The van der Waals surface area contributed by atoms with Crippen molar-refractivity contribution in [3.8, 4) is 0 Å². The largest absolute Gasteiger partial charge is 0.456 e. The summed E-state index contributed by atoms with van der Waals surface area (Å²) in [5, 5.41) is 2.33. The number of furan rings is 1. The molecule has 0 saturated heterocycles. The third kappa shape index (κ3) is 4.94. The molecule has 4 bridgehead atoms. The van der Waals surface area contributed by atoms with Crippen LogP contribution in [-0.2, 0) is 23.7 Å². The highest BCUT2D eigenvalue weighted by atomic mass is 16.3.